The maximum atomic E-state index is 11.0. The van der Waals surface area contributed by atoms with Gasteiger partial charge in [0.1, 0.15) is 12.0 Å². The average molecular weight is 169 g/mol. The number of hydrogen-bond donors (Lipinski definition) is 1. The van der Waals surface area contributed by atoms with Gasteiger partial charge in [-0.05, 0) is 0 Å². The number of carbonyl (C=O) groups excluding carboxylic acids is 1. The van der Waals surface area contributed by atoms with E-state index in [1.165, 1.54) is 6.26 Å². The summed E-state index contributed by atoms with van der Waals surface area (Å²) in [5, 5.41) is 8.26. The molecule has 0 bridgehead atoms. The highest BCUT2D eigenvalue weighted by Crippen LogP contribution is 2.01. The lowest BCUT2D eigenvalue weighted by molar-refractivity contribution is -0.136. The molecule has 1 N–H and O–H groups in total. The summed E-state index contributed by atoms with van der Waals surface area (Å²) < 4.78 is 4.56. The molecule has 5 nitrogen and oxygen atoms in total. The van der Waals surface area contributed by atoms with E-state index in [0.717, 1.165) is 6.39 Å². The molecule has 1 heterocycles. The largest absolute Gasteiger partial charge is 0.481 e. The zero-order chi connectivity index (χ0) is 8.97. The van der Waals surface area contributed by atoms with Crippen LogP contribution in [0.25, 0.3) is 0 Å². The maximum absolute atomic E-state index is 11.0. The molecule has 1 aromatic heterocycles. The number of aromatic nitrogens is 1. The molecule has 5 heteroatoms. The van der Waals surface area contributed by atoms with Crippen LogP contribution < -0.4 is 0 Å². The first-order valence-electron chi connectivity index (χ1n) is 3.33. The third-order valence-corrected chi connectivity index (χ3v) is 1.28. The van der Waals surface area contributed by atoms with Crippen LogP contribution >= 0.6 is 0 Å². The molecule has 0 fully saturated rings. The third kappa shape index (κ3) is 2.19. The first kappa shape index (κ1) is 8.45. The fraction of sp³-hybridized carbons (Fsp3) is 0.286. The lowest BCUT2D eigenvalue weighted by Crippen LogP contribution is -2.03. The van der Waals surface area contributed by atoms with E-state index in [1.54, 1.807) is 0 Å². The van der Waals surface area contributed by atoms with Crippen molar-refractivity contribution in [3.63, 3.8) is 0 Å². The highest BCUT2D eigenvalue weighted by atomic mass is 16.4. The van der Waals surface area contributed by atoms with E-state index in [4.69, 9.17) is 5.11 Å². The Labute approximate surface area is 68.0 Å². The molecule has 0 radical (unpaired) electrons. The Bertz CT molecular complexity index is 278. The lowest BCUT2D eigenvalue weighted by atomic mass is 10.2. The number of nitrogens with zero attached hydrogens (tertiary/aromatic N) is 1. The second kappa shape index (κ2) is 3.66. The molecular weight excluding hydrogens is 162 g/mol. The smallest absolute Gasteiger partial charge is 0.303 e. The highest BCUT2D eigenvalue weighted by molar-refractivity contribution is 5.95. The molecule has 0 aliphatic heterocycles. The molecule has 0 saturated heterocycles. The Morgan fingerprint density at radius 1 is 1.50 bits per heavy atom. The predicted octanol–water partition coefficient (Wildman–Crippen LogP) is 0.722. The van der Waals surface area contributed by atoms with Gasteiger partial charge in [0.2, 0.25) is 0 Å². The zero-order valence-electron chi connectivity index (χ0n) is 6.19. The number of Topliss-reactive ketones (excluding diaryl/α,β-unsaturated/α-hetero) is 1. The van der Waals surface area contributed by atoms with Crippen LogP contribution in [0.2, 0.25) is 0 Å². The van der Waals surface area contributed by atoms with Crippen LogP contribution in [0, 0.1) is 0 Å². The normalized spacial score (nSPS) is 9.67. The van der Waals surface area contributed by atoms with Crippen molar-refractivity contribution in [1.29, 1.82) is 0 Å². The van der Waals surface area contributed by atoms with E-state index < -0.39 is 5.97 Å². The number of carbonyl (C=O) groups is 2. The predicted molar refractivity (Wildman–Crippen MR) is 37.7 cm³/mol. The minimum absolute atomic E-state index is 0.0398. The average Bonchev–Trinajstić information content (AvgIpc) is 2.51. The van der Waals surface area contributed by atoms with Crippen LogP contribution in [0.5, 0.6) is 0 Å². The Balaban J connectivity index is 2.45. The summed E-state index contributed by atoms with van der Waals surface area (Å²) in [4.78, 5) is 24.7. The Morgan fingerprint density at radius 2 is 2.25 bits per heavy atom. The molecule has 1 rings (SSSR count). The molecule has 0 amide bonds. The van der Waals surface area contributed by atoms with Gasteiger partial charge in [0.05, 0.1) is 6.42 Å². The second-order valence-corrected chi connectivity index (χ2v) is 2.19. The van der Waals surface area contributed by atoms with E-state index in [-0.39, 0.29) is 24.3 Å². The Morgan fingerprint density at radius 3 is 2.75 bits per heavy atom. The van der Waals surface area contributed by atoms with Crippen molar-refractivity contribution in [2.45, 2.75) is 12.8 Å². The molecule has 1 aromatic rings. The first-order chi connectivity index (χ1) is 5.70. The number of aliphatic carboxylic acids is 1. The van der Waals surface area contributed by atoms with Gasteiger partial charge in [0.15, 0.2) is 12.2 Å². The SMILES string of the molecule is O=C(O)CCC(=O)c1cocn1. The number of carboxylic acids is 1. The van der Waals surface area contributed by atoms with E-state index in [1.807, 2.05) is 0 Å². The summed E-state index contributed by atoms with van der Waals surface area (Å²) in [6.45, 7) is 0. The summed E-state index contributed by atoms with van der Waals surface area (Å²) in [5.41, 5.74) is 0.177. The molecule has 0 unspecified atom stereocenters. The van der Waals surface area contributed by atoms with E-state index in [9.17, 15) is 9.59 Å². The minimum Gasteiger partial charge on any atom is -0.481 e. The fourth-order valence-corrected chi connectivity index (χ4v) is 0.699. The van der Waals surface area contributed by atoms with Crippen molar-refractivity contribution in [3.05, 3.63) is 18.4 Å². The number of oxazole rings is 1. The topological polar surface area (TPSA) is 80.4 Å². The first-order valence-corrected chi connectivity index (χ1v) is 3.33. The summed E-state index contributed by atoms with van der Waals surface area (Å²) in [7, 11) is 0. The van der Waals surface area contributed by atoms with Crippen LogP contribution in [-0.2, 0) is 4.79 Å². The summed E-state index contributed by atoms with van der Waals surface area (Å²) >= 11 is 0. The zero-order valence-corrected chi connectivity index (χ0v) is 6.19. The summed E-state index contributed by atoms with van der Waals surface area (Å²) in [5.74, 6) is -1.31. The van der Waals surface area contributed by atoms with Crippen molar-refractivity contribution >= 4 is 11.8 Å². The molecule has 0 aromatic carbocycles. The molecule has 0 aliphatic carbocycles. The number of rotatable bonds is 4. The van der Waals surface area contributed by atoms with Gasteiger partial charge in [0, 0.05) is 6.42 Å². The second-order valence-electron chi connectivity index (χ2n) is 2.19. The number of carboxylic acid groups (broad SMARTS) is 1. The standard InChI is InChI=1S/C7H7NO4/c9-6(1-2-7(10)11)5-3-12-4-8-5/h3-4H,1-2H2,(H,10,11). The van der Waals surface area contributed by atoms with Gasteiger partial charge in [-0.25, -0.2) is 4.98 Å². The molecule has 12 heavy (non-hydrogen) atoms. The monoisotopic (exact) mass is 169 g/mol. The molecule has 0 atom stereocenters. The van der Waals surface area contributed by atoms with Crippen LogP contribution in [0.15, 0.2) is 17.1 Å². The van der Waals surface area contributed by atoms with Crippen LogP contribution in [0.4, 0.5) is 0 Å². The summed E-state index contributed by atoms with van der Waals surface area (Å²) in [6.07, 6.45) is 2.12. The Kier molecular flexibility index (Phi) is 2.57. The van der Waals surface area contributed by atoms with E-state index in [0.29, 0.717) is 0 Å². The van der Waals surface area contributed by atoms with Crippen molar-refractivity contribution < 1.29 is 19.1 Å². The summed E-state index contributed by atoms with van der Waals surface area (Å²) in [6, 6.07) is 0. The fourth-order valence-electron chi connectivity index (χ4n) is 0.699. The van der Waals surface area contributed by atoms with Crippen molar-refractivity contribution in [3.8, 4) is 0 Å². The van der Waals surface area contributed by atoms with Crippen LogP contribution in [0.3, 0.4) is 0 Å². The Hall–Kier alpha value is -1.65. The third-order valence-electron chi connectivity index (χ3n) is 1.28. The van der Waals surface area contributed by atoms with Gasteiger partial charge in [-0.3, -0.25) is 9.59 Å². The molecule has 0 aliphatic rings. The van der Waals surface area contributed by atoms with E-state index >= 15 is 0 Å². The van der Waals surface area contributed by atoms with Gasteiger partial charge >= 0.3 is 5.97 Å². The van der Waals surface area contributed by atoms with Crippen LogP contribution in [-0.4, -0.2) is 21.8 Å². The molecule has 64 valence electrons. The molecule has 0 saturated carbocycles. The quantitative estimate of drug-likeness (QED) is 0.671. The highest BCUT2D eigenvalue weighted by Gasteiger charge is 2.10. The van der Waals surface area contributed by atoms with Crippen molar-refractivity contribution in [2.75, 3.05) is 0 Å². The van der Waals surface area contributed by atoms with Gasteiger partial charge < -0.3 is 9.52 Å². The van der Waals surface area contributed by atoms with Gasteiger partial charge in [-0.2, -0.15) is 0 Å². The lowest BCUT2D eigenvalue weighted by Gasteiger charge is -1.91. The van der Waals surface area contributed by atoms with Crippen LogP contribution in [0.1, 0.15) is 23.3 Å². The molecule has 0 spiro atoms. The number of ketones is 1. The van der Waals surface area contributed by atoms with E-state index in [2.05, 4.69) is 9.40 Å². The van der Waals surface area contributed by atoms with Gasteiger partial charge in [-0.15, -0.1) is 0 Å². The maximum Gasteiger partial charge on any atom is 0.303 e. The minimum atomic E-state index is -0.994. The van der Waals surface area contributed by atoms with Gasteiger partial charge in [-0.1, -0.05) is 0 Å². The van der Waals surface area contributed by atoms with Crippen molar-refractivity contribution in [1.82, 2.24) is 4.98 Å². The number of hydrogen-bond acceptors (Lipinski definition) is 4. The van der Waals surface area contributed by atoms with Gasteiger partial charge in [0.25, 0.3) is 0 Å². The van der Waals surface area contributed by atoms with Crippen molar-refractivity contribution in [2.24, 2.45) is 0 Å². The molecular formula is C7H7NO4.